The van der Waals surface area contributed by atoms with Crippen LogP contribution in [-0.4, -0.2) is 18.9 Å². The van der Waals surface area contributed by atoms with Crippen molar-refractivity contribution in [1.82, 2.24) is 0 Å². The van der Waals surface area contributed by atoms with Crippen molar-refractivity contribution in [3.63, 3.8) is 0 Å². The van der Waals surface area contributed by atoms with E-state index < -0.39 is 0 Å². The van der Waals surface area contributed by atoms with E-state index >= 15 is 0 Å². The molecule has 0 aromatic carbocycles. The van der Waals surface area contributed by atoms with Gasteiger partial charge in [-0.25, -0.2) is 0 Å². The average molecular weight is 308 g/mol. The molecule has 0 saturated heterocycles. The standard InChI is InChI=1S/C16H24N2O2S/c1-8(2)13(19)15-11(17)14(20-3)16(21-15)18-12(9-4-5-9)10-6-7-10/h8-10,12,18H,4-7,17H2,1-3H3. The van der Waals surface area contributed by atoms with Crippen molar-refractivity contribution in [3.05, 3.63) is 4.88 Å². The van der Waals surface area contributed by atoms with Crippen LogP contribution in [0.3, 0.4) is 0 Å². The Morgan fingerprint density at radius 2 is 1.86 bits per heavy atom. The van der Waals surface area contributed by atoms with Crippen molar-refractivity contribution in [2.75, 3.05) is 18.2 Å². The van der Waals surface area contributed by atoms with Crippen molar-refractivity contribution in [1.29, 1.82) is 0 Å². The number of anilines is 2. The van der Waals surface area contributed by atoms with E-state index in [0.717, 1.165) is 16.8 Å². The number of nitrogens with two attached hydrogens (primary N) is 1. The van der Waals surface area contributed by atoms with Crippen LogP contribution < -0.4 is 15.8 Å². The van der Waals surface area contributed by atoms with Gasteiger partial charge in [0.05, 0.1) is 17.7 Å². The van der Waals surface area contributed by atoms with Gasteiger partial charge in [0.1, 0.15) is 5.00 Å². The number of rotatable bonds is 7. The monoisotopic (exact) mass is 308 g/mol. The first kappa shape index (κ1) is 14.7. The molecule has 1 aromatic heterocycles. The third kappa shape index (κ3) is 2.89. The first-order valence-corrected chi connectivity index (χ1v) is 8.61. The zero-order chi connectivity index (χ0) is 15.1. The van der Waals surface area contributed by atoms with E-state index in [-0.39, 0.29) is 11.7 Å². The van der Waals surface area contributed by atoms with Crippen molar-refractivity contribution in [3.8, 4) is 5.75 Å². The lowest BCUT2D eigenvalue weighted by atomic mass is 10.1. The third-order valence-corrected chi connectivity index (χ3v) is 5.54. The molecular weight excluding hydrogens is 284 g/mol. The summed E-state index contributed by atoms with van der Waals surface area (Å²) in [6.07, 6.45) is 5.26. The van der Waals surface area contributed by atoms with Crippen LogP contribution in [0.5, 0.6) is 5.75 Å². The number of Topliss-reactive ketones (excluding diaryl/α,β-unsaturated/α-hetero) is 1. The zero-order valence-corrected chi connectivity index (χ0v) is 13.8. The molecule has 0 amide bonds. The molecule has 0 spiro atoms. The number of methoxy groups -OCH3 is 1. The lowest BCUT2D eigenvalue weighted by Crippen LogP contribution is -2.23. The summed E-state index contributed by atoms with van der Waals surface area (Å²) in [6.45, 7) is 3.80. The summed E-state index contributed by atoms with van der Waals surface area (Å²) in [5.41, 5.74) is 6.63. The molecule has 0 atom stereocenters. The Morgan fingerprint density at radius 3 is 2.29 bits per heavy atom. The maximum Gasteiger partial charge on any atom is 0.177 e. The lowest BCUT2D eigenvalue weighted by Gasteiger charge is -2.18. The first-order chi connectivity index (χ1) is 10.0. The van der Waals surface area contributed by atoms with Gasteiger partial charge in [-0.05, 0) is 37.5 Å². The van der Waals surface area contributed by atoms with Gasteiger partial charge in [-0.1, -0.05) is 13.8 Å². The van der Waals surface area contributed by atoms with Crippen LogP contribution in [0.25, 0.3) is 0 Å². The number of carbonyl (C=O) groups excluding carboxylic acids is 1. The number of nitrogen functional groups attached to an aromatic ring is 1. The lowest BCUT2D eigenvalue weighted by molar-refractivity contribution is 0.0944. The van der Waals surface area contributed by atoms with Gasteiger partial charge in [0, 0.05) is 12.0 Å². The second kappa shape index (κ2) is 5.52. The highest BCUT2D eigenvalue weighted by molar-refractivity contribution is 7.19. The van der Waals surface area contributed by atoms with Crippen LogP contribution in [0.15, 0.2) is 0 Å². The maximum absolute atomic E-state index is 12.3. The van der Waals surface area contributed by atoms with Crippen molar-refractivity contribution < 1.29 is 9.53 Å². The van der Waals surface area contributed by atoms with Crippen LogP contribution in [0, 0.1) is 17.8 Å². The first-order valence-electron chi connectivity index (χ1n) is 7.80. The van der Waals surface area contributed by atoms with E-state index in [1.165, 1.54) is 37.0 Å². The van der Waals surface area contributed by atoms with Crippen molar-refractivity contribution in [2.45, 2.75) is 45.6 Å². The molecule has 116 valence electrons. The van der Waals surface area contributed by atoms with E-state index in [9.17, 15) is 4.79 Å². The zero-order valence-electron chi connectivity index (χ0n) is 12.9. The molecule has 21 heavy (non-hydrogen) atoms. The Balaban J connectivity index is 1.86. The Labute approximate surface area is 130 Å². The molecule has 5 heteroatoms. The molecule has 0 bridgehead atoms. The Kier molecular flexibility index (Phi) is 3.86. The van der Waals surface area contributed by atoms with Crippen molar-refractivity contribution in [2.24, 2.45) is 17.8 Å². The van der Waals surface area contributed by atoms with Crippen LogP contribution in [0.2, 0.25) is 0 Å². The van der Waals surface area contributed by atoms with E-state index in [1.807, 2.05) is 13.8 Å². The molecule has 0 unspecified atom stereocenters. The number of ketones is 1. The minimum atomic E-state index is -0.0498. The molecule has 2 fully saturated rings. The molecule has 2 aliphatic carbocycles. The van der Waals surface area contributed by atoms with E-state index in [0.29, 0.717) is 22.4 Å². The molecule has 1 heterocycles. The van der Waals surface area contributed by atoms with Crippen molar-refractivity contribution >= 4 is 27.8 Å². The van der Waals surface area contributed by atoms with Gasteiger partial charge < -0.3 is 15.8 Å². The number of ether oxygens (including phenoxy) is 1. The highest BCUT2D eigenvalue weighted by atomic mass is 32.1. The van der Waals surface area contributed by atoms with Gasteiger partial charge in [-0.2, -0.15) is 0 Å². The summed E-state index contributed by atoms with van der Waals surface area (Å²) in [5.74, 6) is 2.27. The fraction of sp³-hybridized carbons (Fsp3) is 0.688. The summed E-state index contributed by atoms with van der Waals surface area (Å²) >= 11 is 1.46. The average Bonchev–Trinajstić information content (AvgIpc) is 3.34. The normalized spacial score (nSPS) is 18.3. The quantitative estimate of drug-likeness (QED) is 0.752. The number of thiophene rings is 1. The van der Waals surface area contributed by atoms with E-state index in [2.05, 4.69) is 5.32 Å². The molecule has 0 radical (unpaired) electrons. The Hall–Kier alpha value is -1.23. The third-order valence-electron chi connectivity index (χ3n) is 4.41. The van der Waals surface area contributed by atoms with Gasteiger partial charge in [0.2, 0.25) is 0 Å². The molecule has 1 aromatic rings. The van der Waals surface area contributed by atoms with E-state index in [1.54, 1.807) is 7.11 Å². The largest absolute Gasteiger partial charge is 0.492 e. The predicted molar refractivity (Wildman–Crippen MR) is 87.3 cm³/mol. The minimum absolute atomic E-state index is 0.0498. The second-order valence-corrected chi connectivity index (χ2v) is 7.59. The van der Waals surface area contributed by atoms with Crippen LogP contribution in [0.4, 0.5) is 10.7 Å². The summed E-state index contributed by atoms with van der Waals surface area (Å²) in [7, 11) is 1.62. The van der Waals surface area contributed by atoms with Crippen LogP contribution >= 0.6 is 11.3 Å². The van der Waals surface area contributed by atoms with Crippen LogP contribution in [0.1, 0.15) is 49.2 Å². The number of hydrogen-bond donors (Lipinski definition) is 2. The molecule has 2 aliphatic rings. The number of hydrogen-bond acceptors (Lipinski definition) is 5. The van der Waals surface area contributed by atoms with Crippen LogP contribution in [-0.2, 0) is 0 Å². The molecule has 4 nitrogen and oxygen atoms in total. The van der Waals surface area contributed by atoms with Gasteiger partial charge in [0.15, 0.2) is 11.5 Å². The van der Waals surface area contributed by atoms with Gasteiger partial charge in [-0.3, -0.25) is 4.79 Å². The fourth-order valence-corrected chi connectivity index (χ4v) is 4.08. The summed E-state index contributed by atoms with van der Waals surface area (Å²) in [4.78, 5) is 12.9. The van der Waals surface area contributed by atoms with Gasteiger partial charge >= 0.3 is 0 Å². The maximum atomic E-state index is 12.3. The number of nitrogens with one attached hydrogen (secondary N) is 1. The van der Waals surface area contributed by atoms with Gasteiger partial charge in [-0.15, -0.1) is 11.3 Å². The smallest absolute Gasteiger partial charge is 0.177 e. The highest BCUT2D eigenvalue weighted by Crippen LogP contribution is 2.49. The summed E-state index contributed by atoms with van der Waals surface area (Å²) in [6, 6.07) is 0.527. The van der Waals surface area contributed by atoms with E-state index in [4.69, 9.17) is 10.5 Å². The van der Waals surface area contributed by atoms with Gasteiger partial charge in [0.25, 0.3) is 0 Å². The molecule has 3 rings (SSSR count). The molecule has 2 saturated carbocycles. The summed E-state index contributed by atoms with van der Waals surface area (Å²) in [5, 5.41) is 4.57. The SMILES string of the molecule is COc1c(NC(C2CC2)C2CC2)sc(C(=O)C(C)C)c1N. The molecular formula is C16H24N2O2S. The highest BCUT2D eigenvalue weighted by Gasteiger charge is 2.42. The topological polar surface area (TPSA) is 64.3 Å². The Morgan fingerprint density at radius 1 is 1.29 bits per heavy atom. The summed E-state index contributed by atoms with van der Waals surface area (Å²) < 4.78 is 5.46. The Bertz CT molecular complexity index is 533. The second-order valence-electron chi connectivity index (χ2n) is 6.57. The fourth-order valence-electron chi connectivity index (χ4n) is 2.85. The predicted octanol–water partition coefficient (Wildman–Crippen LogP) is 3.78. The minimum Gasteiger partial charge on any atom is -0.492 e. The molecule has 0 aliphatic heterocycles. The number of carbonyl (C=O) groups is 1. The molecule has 3 N–H and O–H groups in total.